The van der Waals surface area contributed by atoms with Crippen LogP contribution in [0.4, 0.5) is 0 Å². The van der Waals surface area contributed by atoms with Gasteiger partial charge in [0, 0.05) is 25.5 Å². The molecule has 1 aliphatic rings. The molecule has 1 aliphatic carbocycles. The number of nitrogens with two attached hydrogens (primary N) is 1. The molecule has 0 aliphatic heterocycles. The molecule has 1 rings (SSSR count). The number of ketones is 1. The van der Waals surface area contributed by atoms with Crippen molar-refractivity contribution in [3.63, 3.8) is 0 Å². The number of Topliss-reactive ketones (excluding diaryl/α,β-unsaturated/α-hetero) is 1. The maximum absolute atomic E-state index is 11.6. The normalized spacial score (nSPS) is 20.7. The van der Waals surface area contributed by atoms with Gasteiger partial charge in [-0.05, 0) is 18.8 Å². The van der Waals surface area contributed by atoms with Gasteiger partial charge in [-0.3, -0.25) is 4.79 Å². The molecule has 0 aromatic rings. The highest BCUT2D eigenvalue weighted by Crippen LogP contribution is 2.25. The van der Waals surface area contributed by atoms with E-state index in [4.69, 9.17) is 24.7 Å². The summed E-state index contributed by atoms with van der Waals surface area (Å²) in [6.45, 7) is 7.28. The van der Waals surface area contributed by atoms with Crippen LogP contribution in [0, 0.1) is 11.8 Å². The Morgan fingerprint density at radius 1 is 0.958 bits per heavy atom. The van der Waals surface area contributed by atoms with Crippen molar-refractivity contribution in [2.45, 2.75) is 26.2 Å². The van der Waals surface area contributed by atoms with Crippen LogP contribution >= 0.6 is 0 Å². The largest absolute Gasteiger partial charge is 0.379 e. The van der Waals surface area contributed by atoms with Gasteiger partial charge in [-0.25, -0.2) is 0 Å². The molecular weight excluding hydrogens is 310 g/mol. The molecule has 2 N–H and O–H groups in total. The molecule has 6 heteroatoms. The van der Waals surface area contributed by atoms with E-state index < -0.39 is 0 Å². The van der Waals surface area contributed by atoms with Crippen LogP contribution in [0.15, 0.2) is 12.2 Å². The van der Waals surface area contributed by atoms with Gasteiger partial charge in [-0.15, -0.1) is 0 Å². The van der Waals surface area contributed by atoms with Gasteiger partial charge in [0.2, 0.25) is 0 Å². The lowest BCUT2D eigenvalue weighted by atomic mass is 9.82. The van der Waals surface area contributed by atoms with Crippen molar-refractivity contribution < 1.29 is 23.7 Å². The maximum Gasteiger partial charge on any atom is 0.140 e. The molecule has 0 fully saturated rings. The van der Waals surface area contributed by atoms with Crippen molar-refractivity contribution in [3.8, 4) is 0 Å². The quantitative estimate of drug-likeness (QED) is 0.359. The van der Waals surface area contributed by atoms with E-state index in [-0.39, 0.29) is 5.92 Å². The van der Waals surface area contributed by atoms with Gasteiger partial charge in [0.25, 0.3) is 0 Å². The second-order valence-corrected chi connectivity index (χ2v) is 5.93. The molecule has 0 aromatic heterocycles. The Bertz CT molecular complexity index is 348. The molecule has 6 nitrogen and oxygen atoms in total. The number of allylic oxidation sites excluding steroid dienone is 2. The number of ether oxygens (including phenoxy) is 4. The van der Waals surface area contributed by atoms with Crippen LogP contribution in [0.2, 0.25) is 0 Å². The number of carbonyl (C=O) groups excluding carboxylic acids is 1. The fourth-order valence-corrected chi connectivity index (χ4v) is 2.56. The Balaban J connectivity index is 1.80. The molecule has 0 saturated carbocycles. The van der Waals surface area contributed by atoms with Gasteiger partial charge in [-0.1, -0.05) is 19.1 Å². The second-order valence-electron chi connectivity index (χ2n) is 5.93. The summed E-state index contributed by atoms with van der Waals surface area (Å²) < 4.78 is 21.5. The second kappa shape index (κ2) is 14.5. The predicted octanol–water partition coefficient (Wildman–Crippen LogP) is 1.57. The van der Waals surface area contributed by atoms with E-state index in [2.05, 4.69) is 6.08 Å². The first-order valence-corrected chi connectivity index (χ1v) is 8.96. The molecule has 2 unspecified atom stereocenters. The van der Waals surface area contributed by atoms with E-state index in [0.717, 1.165) is 12.8 Å². The van der Waals surface area contributed by atoms with E-state index in [1.54, 1.807) is 0 Å². The standard InChI is InChI=1S/C18H33NO5/c1-16-17(4-2-6-18(16)20)5-3-8-21-10-12-23-14-15-24-13-11-22-9-7-19/h2,4,16-17H,3,5-15,19H2,1H3. The molecule has 0 saturated heterocycles. The van der Waals surface area contributed by atoms with Crippen LogP contribution in [-0.4, -0.2) is 65.2 Å². The van der Waals surface area contributed by atoms with Crippen molar-refractivity contribution >= 4 is 5.78 Å². The summed E-state index contributed by atoms with van der Waals surface area (Å²) in [6.07, 6.45) is 6.74. The van der Waals surface area contributed by atoms with E-state index in [1.165, 1.54) is 0 Å². The van der Waals surface area contributed by atoms with E-state index >= 15 is 0 Å². The van der Waals surface area contributed by atoms with Crippen LogP contribution in [-0.2, 0) is 23.7 Å². The summed E-state index contributed by atoms with van der Waals surface area (Å²) in [5.41, 5.74) is 5.30. The number of carbonyl (C=O) groups is 1. The molecule has 0 spiro atoms. The van der Waals surface area contributed by atoms with E-state index in [9.17, 15) is 4.79 Å². The highest BCUT2D eigenvalue weighted by Gasteiger charge is 2.23. The number of rotatable bonds is 15. The monoisotopic (exact) mass is 343 g/mol. The van der Waals surface area contributed by atoms with Crippen LogP contribution in [0.5, 0.6) is 0 Å². The van der Waals surface area contributed by atoms with Gasteiger partial charge in [-0.2, -0.15) is 0 Å². The Morgan fingerprint density at radius 2 is 1.50 bits per heavy atom. The predicted molar refractivity (Wildman–Crippen MR) is 93.0 cm³/mol. The molecule has 2 atom stereocenters. The van der Waals surface area contributed by atoms with Crippen LogP contribution in [0.25, 0.3) is 0 Å². The number of hydrogen-bond donors (Lipinski definition) is 1. The first kappa shape index (κ1) is 21.3. The SMILES string of the molecule is CC1C(=O)CC=CC1CCCOCCOCCOCCOCCN. The Kier molecular flexibility index (Phi) is 12.9. The minimum absolute atomic E-state index is 0.152. The third kappa shape index (κ3) is 10.2. The van der Waals surface area contributed by atoms with Gasteiger partial charge in [0.1, 0.15) is 5.78 Å². The highest BCUT2D eigenvalue weighted by atomic mass is 16.6. The van der Waals surface area contributed by atoms with Gasteiger partial charge in [0.05, 0.1) is 46.2 Å². The first-order chi connectivity index (χ1) is 11.8. The van der Waals surface area contributed by atoms with Gasteiger partial charge < -0.3 is 24.7 Å². The maximum atomic E-state index is 11.6. The van der Waals surface area contributed by atoms with Crippen molar-refractivity contribution in [3.05, 3.63) is 12.2 Å². The lowest BCUT2D eigenvalue weighted by Gasteiger charge is -2.22. The zero-order valence-electron chi connectivity index (χ0n) is 14.9. The Morgan fingerprint density at radius 3 is 2.08 bits per heavy atom. The average Bonchev–Trinajstić information content (AvgIpc) is 2.58. The molecule has 0 aromatic carbocycles. The van der Waals surface area contributed by atoms with Gasteiger partial charge >= 0.3 is 0 Å². The lowest BCUT2D eigenvalue weighted by molar-refractivity contribution is -0.123. The van der Waals surface area contributed by atoms with Crippen LogP contribution < -0.4 is 5.73 Å². The molecule has 0 radical (unpaired) electrons. The topological polar surface area (TPSA) is 80.0 Å². The van der Waals surface area contributed by atoms with Crippen LogP contribution in [0.1, 0.15) is 26.2 Å². The van der Waals surface area contributed by atoms with Gasteiger partial charge in [0.15, 0.2) is 0 Å². The summed E-state index contributed by atoms with van der Waals surface area (Å²) in [5, 5.41) is 0. The molecule has 24 heavy (non-hydrogen) atoms. The molecule has 0 heterocycles. The summed E-state index contributed by atoms with van der Waals surface area (Å²) in [6, 6.07) is 0. The summed E-state index contributed by atoms with van der Waals surface area (Å²) >= 11 is 0. The third-order valence-electron chi connectivity index (χ3n) is 4.06. The highest BCUT2D eigenvalue weighted by molar-refractivity contribution is 5.83. The Hall–Kier alpha value is -0.790. The fourth-order valence-electron chi connectivity index (χ4n) is 2.56. The zero-order valence-corrected chi connectivity index (χ0v) is 14.9. The minimum Gasteiger partial charge on any atom is -0.379 e. The zero-order chi connectivity index (χ0) is 17.5. The molecular formula is C18H33NO5. The van der Waals surface area contributed by atoms with Crippen molar-refractivity contribution in [2.24, 2.45) is 17.6 Å². The molecule has 0 amide bonds. The first-order valence-electron chi connectivity index (χ1n) is 8.96. The molecule has 140 valence electrons. The van der Waals surface area contributed by atoms with Crippen molar-refractivity contribution in [1.29, 1.82) is 0 Å². The molecule has 0 bridgehead atoms. The summed E-state index contributed by atoms with van der Waals surface area (Å²) in [4.78, 5) is 11.6. The third-order valence-corrected chi connectivity index (χ3v) is 4.06. The van der Waals surface area contributed by atoms with E-state index in [1.807, 2.05) is 13.0 Å². The number of hydrogen-bond acceptors (Lipinski definition) is 6. The van der Waals surface area contributed by atoms with Crippen molar-refractivity contribution in [1.82, 2.24) is 0 Å². The van der Waals surface area contributed by atoms with Crippen molar-refractivity contribution in [2.75, 3.05) is 59.4 Å². The summed E-state index contributed by atoms with van der Waals surface area (Å²) in [7, 11) is 0. The lowest BCUT2D eigenvalue weighted by Crippen LogP contribution is -2.22. The summed E-state index contributed by atoms with van der Waals surface area (Å²) in [5.74, 6) is 0.876. The average molecular weight is 343 g/mol. The fraction of sp³-hybridized carbons (Fsp3) is 0.833. The smallest absolute Gasteiger partial charge is 0.140 e. The Labute approximate surface area is 145 Å². The van der Waals surface area contributed by atoms with E-state index in [0.29, 0.717) is 77.5 Å². The van der Waals surface area contributed by atoms with Crippen LogP contribution in [0.3, 0.4) is 0 Å². The minimum atomic E-state index is 0.152.